The van der Waals surface area contributed by atoms with Gasteiger partial charge < -0.3 is 5.32 Å². The number of hydrogen-bond acceptors (Lipinski definition) is 3. The summed E-state index contributed by atoms with van der Waals surface area (Å²) >= 11 is 0. The second-order valence-corrected chi connectivity index (χ2v) is 7.64. The van der Waals surface area contributed by atoms with E-state index in [-0.39, 0.29) is 17.7 Å². The summed E-state index contributed by atoms with van der Waals surface area (Å²) in [5.41, 5.74) is 2.54. The Morgan fingerprint density at radius 3 is 2.45 bits per heavy atom. The molecule has 1 heterocycles. The van der Waals surface area contributed by atoms with Crippen molar-refractivity contribution in [3.8, 4) is 0 Å². The number of aryl methyl sites for hydroxylation is 1. The van der Waals surface area contributed by atoms with Crippen molar-refractivity contribution in [1.82, 2.24) is 5.32 Å². The van der Waals surface area contributed by atoms with E-state index in [1.54, 1.807) is 30.3 Å². The summed E-state index contributed by atoms with van der Waals surface area (Å²) in [6.45, 7) is 1.92. The Bertz CT molecular complexity index is 810. The summed E-state index contributed by atoms with van der Waals surface area (Å²) in [6.07, 6.45) is 0.374. The maximum Gasteiger partial charge on any atom is 0.252 e. The first kappa shape index (κ1) is 14.8. The minimum Gasteiger partial charge on any atom is -0.345 e. The van der Waals surface area contributed by atoms with Gasteiger partial charge in [-0.1, -0.05) is 35.9 Å². The van der Waals surface area contributed by atoms with Crippen LogP contribution < -0.4 is 5.32 Å². The Morgan fingerprint density at radius 2 is 1.73 bits per heavy atom. The van der Waals surface area contributed by atoms with Gasteiger partial charge in [0, 0.05) is 5.56 Å². The lowest BCUT2D eigenvalue weighted by molar-refractivity contribution is 0.0955. The maximum atomic E-state index is 12.4. The number of carbonyl (C=O) groups excluding carboxylic acids is 1. The van der Waals surface area contributed by atoms with Crippen LogP contribution >= 0.6 is 0 Å². The number of benzene rings is 2. The van der Waals surface area contributed by atoms with Crippen LogP contribution in [-0.2, 0) is 9.84 Å². The Hall–Kier alpha value is -2.14. The van der Waals surface area contributed by atoms with E-state index < -0.39 is 9.84 Å². The summed E-state index contributed by atoms with van der Waals surface area (Å²) < 4.78 is 24.8. The van der Waals surface area contributed by atoms with E-state index in [1.807, 2.05) is 25.1 Å². The molecule has 1 aliphatic rings. The van der Waals surface area contributed by atoms with Crippen LogP contribution in [0.15, 0.2) is 53.4 Å². The summed E-state index contributed by atoms with van der Waals surface area (Å²) in [6, 6.07) is 13.9. The van der Waals surface area contributed by atoms with Crippen LogP contribution in [0.1, 0.15) is 33.9 Å². The molecule has 3 rings (SSSR count). The van der Waals surface area contributed by atoms with Crippen LogP contribution in [-0.4, -0.2) is 20.1 Å². The molecule has 0 aromatic heterocycles. The smallest absolute Gasteiger partial charge is 0.252 e. The van der Waals surface area contributed by atoms with Gasteiger partial charge in [-0.05, 0) is 37.1 Å². The third kappa shape index (κ3) is 2.76. The monoisotopic (exact) mass is 315 g/mol. The molecule has 22 heavy (non-hydrogen) atoms. The number of sulfone groups is 1. The van der Waals surface area contributed by atoms with E-state index in [4.69, 9.17) is 0 Å². The Morgan fingerprint density at radius 1 is 1.05 bits per heavy atom. The van der Waals surface area contributed by atoms with E-state index in [2.05, 4.69) is 5.32 Å². The predicted molar refractivity (Wildman–Crippen MR) is 84.5 cm³/mol. The zero-order valence-electron chi connectivity index (χ0n) is 12.2. The normalized spacial score (nSPS) is 17.1. The molecular formula is C17H17NO3S. The molecule has 4 nitrogen and oxygen atoms in total. The first-order valence-corrected chi connectivity index (χ1v) is 8.82. The number of carbonyl (C=O) groups is 1. The number of nitrogens with one attached hydrogen (secondary N) is 1. The lowest BCUT2D eigenvalue weighted by Gasteiger charge is -2.12. The summed E-state index contributed by atoms with van der Waals surface area (Å²) in [5, 5.41) is 2.85. The average molecular weight is 315 g/mol. The van der Waals surface area contributed by atoms with Crippen molar-refractivity contribution < 1.29 is 13.2 Å². The predicted octanol–water partition coefficient (Wildman–Crippen LogP) is 2.64. The molecule has 2 aromatic rings. The van der Waals surface area contributed by atoms with Crippen LogP contribution in [0, 0.1) is 6.92 Å². The Balaban J connectivity index is 1.76. The quantitative estimate of drug-likeness (QED) is 0.943. The van der Waals surface area contributed by atoms with Crippen molar-refractivity contribution in [2.75, 3.05) is 5.75 Å². The molecule has 0 bridgehead atoms. The molecule has 1 aliphatic heterocycles. The highest BCUT2D eigenvalue weighted by atomic mass is 32.2. The number of rotatable bonds is 4. The highest BCUT2D eigenvalue weighted by Gasteiger charge is 2.29. The van der Waals surface area contributed by atoms with Gasteiger partial charge in [0.2, 0.25) is 0 Å². The molecule has 5 heteroatoms. The van der Waals surface area contributed by atoms with Crippen LogP contribution in [0.5, 0.6) is 0 Å². The minimum absolute atomic E-state index is 0.00927. The SMILES string of the molecule is Cc1ccc(S(=O)(=O)CCC2NC(=O)c3ccccc32)cc1. The second-order valence-electron chi connectivity index (χ2n) is 5.53. The van der Waals surface area contributed by atoms with Gasteiger partial charge in [0.25, 0.3) is 5.91 Å². The van der Waals surface area contributed by atoms with Crippen molar-refractivity contribution in [2.24, 2.45) is 0 Å². The fraction of sp³-hybridized carbons (Fsp3) is 0.235. The topological polar surface area (TPSA) is 63.2 Å². The van der Waals surface area contributed by atoms with Crippen molar-refractivity contribution >= 4 is 15.7 Å². The van der Waals surface area contributed by atoms with E-state index in [1.165, 1.54) is 0 Å². The van der Waals surface area contributed by atoms with Crippen LogP contribution in [0.2, 0.25) is 0 Å². The van der Waals surface area contributed by atoms with Gasteiger partial charge in [-0.3, -0.25) is 4.79 Å². The van der Waals surface area contributed by atoms with Crippen molar-refractivity contribution in [2.45, 2.75) is 24.3 Å². The number of fused-ring (bicyclic) bond motifs is 1. The zero-order chi connectivity index (χ0) is 15.7. The van der Waals surface area contributed by atoms with Gasteiger partial charge in [-0.15, -0.1) is 0 Å². The minimum atomic E-state index is -3.34. The Labute approximate surface area is 130 Å². The van der Waals surface area contributed by atoms with Gasteiger partial charge in [0.15, 0.2) is 9.84 Å². The zero-order valence-corrected chi connectivity index (χ0v) is 13.1. The lowest BCUT2D eigenvalue weighted by Crippen LogP contribution is -2.21. The lowest BCUT2D eigenvalue weighted by atomic mass is 10.0. The fourth-order valence-electron chi connectivity index (χ4n) is 2.69. The number of hydrogen-bond donors (Lipinski definition) is 1. The molecule has 1 unspecified atom stereocenters. The fourth-order valence-corrected chi connectivity index (χ4v) is 4.02. The first-order chi connectivity index (χ1) is 10.5. The largest absolute Gasteiger partial charge is 0.345 e. The molecule has 0 saturated carbocycles. The van der Waals surface area contributed by atoms with Crippen molar-refractivity contribution in [1.29, 1.82) is 0 Å². The molecule has 0 fully saturated rings. The highest BCUT2D eigenvalue weighted by Crippen LogP contribution is 2.28. The van der Waals surface area contributed by atoms with Crippen LogP contribution in [0.25, 0.3) is 0 Å². The summed E-state index contributed by atoms with van der Waals surface area (Å²) in [7, 11) is -3.34. The number of amides is 1. The standard InChI is InChI=1S/C17H17NO3S/c1-12-6-8-13(9-7-12)22(20,21)11-10-16-14-4-2-3-5-15(14)17(19)18-16/h2-9,16H,10-11H2,1H3,(H,18,19). The second kappa shape index (κ2) is 5.57. The molecule has 1 amide bonds. The van der Waals surface area contributed by atoms with Gasteiger partial charge in [-0.2, -0.15) is 0 Å². The molecular weight excluding hydrogens is 298 g/mol. The molecule has 1 N–H and O–H groups in total. The van der Waals surface area contributed by atoms with Crippen LogP contribution in [0.4, 0.5) is 0 Å². The summed E-state index contributed by atoms with van der Waals surface area (Å²) in [4.78, 5) is 12.2. The van der Waals surface area contributed by atoms with E-state index >= 15 is 0 Å². The third-order valence-corrected chi connectivity index (χ3v) is 5.71. The molecule has 0 saturated heterocycles. The molecule has 0 aliphatic carbocycles. The molecule has 0 radical (unpaired) electrons. The van der Waals surface area contributed by atoms with Crippen molar-refractivity contribution in [3.05, 3.63) is 65.2 Å². The van der Waals surface area contributed by atoms with Gasteiger partial charge in [-0.25, -0.2) is 8.42 Å². The van der Waals surface area contributed by atoms with Crippen molar-refractivity contribution in [3.63, 3.8) is 0 Å². The van der Waals surface area contributed by atoms with E-state index in [9.17, 15) is 13.2 Å². The third-order valence-electron chi connectivity index (χ3n) is 3.94. The van der Waals surface area contributed by atoms with E-state index in [0.717, 1.165) is 11.1 Å². The first-order valence-electron chi connectivity index (χ1n) is 7.16. The maximum absolute atomic E-state index is 12.4. The Kier molecular flexibility index (Phi) is 3.74. The van der Waals surface area contributed by atoms with Gasteiger partial charge in [0.05, 0.1) is 16.7 Å². The molecule has 114 valence electrons. The van der Waals surface area contributed by atoms with Crippen LogP contribution in [0.3, 0.4) is 0 Å². The molecule has 0 spiro atoms. The van der Waals surface area contributed by atoms with E-state index in [0.29, 0.717) is 16.9 Å². The van der Waals surface area contributed by atoms with Gasteiger partial charge in [0.1, 0.15) is 0 Å². The molecule has 1 atom stereocenters. The average Bonchev–Trinajstić information content (AvgIpc) is 2.83. The molecule has 2 aromatic carbocycles. The highest BCUT2D eigenvalue weighted by molar-refractivity contribution is 7.91. The van der Waals surface area contributed by atoms with Gasteiger partial charge >= 0.3 is 0 Å². The summed E-state index contributed by atoms with van der Waals surface area (Å²) in [5.74, 6) is -0.122.